The lowest BCUT2D eigenvalue weighted by molar-refractivity contribution is 0.0450. The van der Waals surface area contributed by atoms with E-state index in [-0.39, 0.29) is 11.7 Å². The molecule has 3 rings (SSSR count). The van der Waals surface area contributed by atoms with Gasteiger partial charge in [0.15, 0.2) is 5.82 Å². The van der Waals surface area contributed by atoms with Gasteiger partial charge in [-0.1, -0.05) is 0 Å². The van der Waals surface area contributed by atoms with Gasteiger partial charge in [0.25, 0.3) is 5.91 Å². The van der Waals surface area contributed by atoms with Crippen LogP contribution < -0.4 is 16.0 Å². The van der Waals surface area contributed by atoms with Crippen LogP contribution in [-0.4, -0.2) is 40.1 Å². The number of carbonyl (C=O) groups is 1. The molecule has 2 fully saturated rings. The molecule has 1 saturated carbocycles. The first kappa shape index (κ1) is 13.6. The minimum atomic E-state index is -0.721. The number of aliphatic hydroxyl groups is 1. The number of nitrogens with zero attached hydrogens (tertiary/aromatic N) is 2. The third-order valence-electron chi connectivity index (χ3n) is 3.80. The lowest BCUT2D eigenvalue weighted by Gasteiger charge is -2.37. The van der Waals surface area contributed by atoms with Crippen molar-refractivity contribution in [3.05, 3.63) is 5.56 Å². The van der Waals surface area contributed by atoms with Crippen LogP contribution in [-0.2, 0) is 0 Å². The number of hydrogen-bond acceptors (Lipinski definition) is 6. The van der Waals surface area contributed by atoms with Crippen LogP contribution in [0.4, 0.5) is 10.8 Å². The first-order valence-electron chi connectivity index (χ1n) is 7.00. The van der Waals surface area contributed by atoms with Crippen molar-refractivity contribution < 1.29 is 9.90 Å². The van der Waals surface area contributed by atoms with Crippen molar-refractivity contribution >= 4 is 28.3 Å². The molecule has 1 amide bonds. The average molecular weight is 296 g/mol. The zero-order valence-corrected chi connectivity index (χ0v) is 12.4. The molecule has 110 valence electrons. The summed E-state index contributed by atoms with van der Waals surface area (Å²) in [6, 6.07) is 0.291. The van der Waals surface area contributed by atoms with E-state index in [0.29, 0.717) is 18.2 Å². The predicted octanol–water partition coefficient (Wildman–Crippen LogP) is 0.969. The maximum atomic E-state index is 12.3. The minimum Gasteiger partial charge on any atom is -0.388 e. The van der Waals surface area contributed by atoms with E-state index in [0.717, 1.165) is 37.2 Å². The highest BCUT2D eigenvalue weighted by Crippen LogP contribution is 2.35. The van der Waals surface area contributed by atoms with Crippen LogP contribution in [0.1, 0.15) is 43.0 Å². The van der Waals surface area contributed by atoms with Gasteiger partial charge in [-0.05, 0) is 44.1 Å². The summed E-state index contributed by atoms with van der Waals surface area (Å²) >= 11 is 1.24. The van der Waals surface area contributed by atoms with Crippen molar-refractivity contribution in [2.45, 2.75) is 44.2 Å². The molecule has 0 aromatic carbocycles. The van der Waals surface area contributed by atoms with Crippen LogP contribution in [0.2, 0.25) is 0 Å². The van der Waals surface area contributed by atoms with E-state index >= 15 is 0 Å². The Balaban J connectivity index is 1.83. The van der Waals surface area contributed by atoms with Crippen LogP contribution in [0.3, 0.4) is 0 Å². The van der Waals surface area contributed by atoms with E-state index in [1.807, 2.05) is 11.8 Å². The van der Waals surface area contributed by atoms with Crippen LogP contribution in [0, 0.1) is 0 Å². The Bertz CT molecular complexity index is 524. The maximum Gasteiger partial charge on any atom is 0.258 e. The molecule has 7 heteroatoms. The van der Waals surface area contributed by atoms with Gasteiger partial charge >= 0.3 is 0 Å². The normalized spacial score (nSPS) is 26.6. The fourth-order valence-corrected chi connectivity index (χ4v) is 3.44. The Hall–Kier alpha value is -1.34. The number of aromatic nitrogens is 1. The van der Waals surface area contributed by atoms with Crippen molar-refractivity contribution in [3.63, 3.8) is 0 Å². The van der Waals surface area contributed by atoms with Gasteiger partial charge in [0, 0.05) is 19.1 Å². The Labute approximate surface area is 122 Å². The standard InChI is InChI=1S/C13H20N4O2S/c1-13(19)5-2-6-17(7-13)12-9(10(14)16-20-12)11(18)15-8-3-4-8/h8,19H,2-7H2,1H3,(H2,14,16)(H,15,18). The molecular weight excluding hydrogens is 276 g/mol. The Morgan fingerprint density at radius 1 is 1.60 bits per heavy atom. The summed E-state index contributed by atoms with van der Waals surface area (Å²) in [7, 11) is 0. The molecule has 1 aliphatic carbocycles. The van der Waals surface area contributed by atoms with Gasteiger partial charge in [-0.25, -0.2) is 0 Å². The fraction of sp³-hybridized carbons (Fsp3) is 0.692. The molecule has 2 heterocycles. The van der Waals surface area contributed by atoms with E-state index in [9.17, 15) is 9.90 Å². The number of anilines is 2. The second-order valence-electron chi connectivity index (χ2n) is 6.02. The number of rotatable bonds is 3. The van der Waals surface area contributed by atoms with Crippen LogP contribution in [0.5, 0.6) is 0 Å². The second-order valence-corrected chi connectivity index (χ2v) is 6.77. The maximum absolute atomic E-state index is 12.3. The molecule has 0 bridgehead atoms. The van der Waals surface area contributed by atoms with E-state index in [1.165, 1.54) is 11.5 Å². The third-order valence-corrected chi connectivity index (χ3v) is 4.73. The monoisotopic (exact) mass is 296 g/mol. The van der Waals surface area contributed by atoms with Gasteiger partial charge in [0.2, 0.25) is 0 Å². The number of amides is 1. The summed E-state index contributed by atoms with van der Waals surface area (Å²) in [4.78, 5) is 14.3. The summed E-state index contributed by atoms with van der Waals surface area (Å²) < 4.78 is 4.12. The van der Waals surface area contributed by atoms with Crippen LogP contribution in [0.15, 0.2) is 0 Å². The zero-order chi connectivity index (χ0) is 14.3. The number of β-amino-alcohol motifs (C(OH)–C–C–N with tert-alkyl or cyclic N) is 1. The van der Waals surface area contributed by atoms with Crippen LogP contribution >= 0.6 is 11.5 Å². The van der Waals surface area contributed by atoms with E-state index in [4.69, 9.17) is 5.73 Å². The summed E-state index contributed by atoms with van der Waals surface area (Å²) in [6.07, 6.45) is 3.75. The van der Waals surface area contributed by atoms with Crippen molar-refractivity contribution in [3.8, 4) is 0 Å². The average Bonchev–Trinajstić information content (AvgIpc) is 3.08. The highest BCUT2D eigenvalue weighted by atomic mass is 32.1. The minimum absolute atomic E-state index is 0.140. The second kappa shape index (κ2) is 4.89. The van der Waals surface area contributed by atoms with E-state index in [1.54, 1.807) is 0 Å². The highest BCUT2D eigenvalue weighted by Gasteiger charge is 2.33. The van der Waals surface area contributed by atoms with Gasteiger partial charge in [-0.2, -0.15) is 4.37 Å². The van der Waals surface area contributed by atoms with Crippen molar-refractivity contribution in [2.24, 2.45) is 0 Å². The van der Waals surface area contributed by atoms with Gasteiger partial charge in [0.1, 0.15) is 10.6 Å². The Morgan fingerprint density at radius 3 is 3.00 bits per heavy atom. The summed E-state index contributed by atoms with van der Waals surface area (Å²) in [6.45, 7) is 3.16. The first-order chi connectivity index (χ1) is 9.46. The first-order valence-corrected chi connectivity index (χ1v) is 7.77. The molecular formula is C13H20N4O2S. The molecule has 1 unspecified atom stereocenters. The number of nitrogen functional groups attached to an aromatic ring is 1. The molecule has 0 spiro atoms. The van der Waals surface area contributed by atoms with E-state index < -0.39 is 5.60 Å². The summed E-state index contributed by atoms with van der Waals surface area (Å²) in [5.41, 5.74) is 5.61. The lowest BCUT2D eigenvalue weighted by atomic mass is 9.95. The number of hydrogen-bond donors (Lipinski definition) is 3. The molecule has 6 nitrogen and oxygen atoms in total. The van der Waals surface area contributed by atoms with Gasteiger partial charge in [-0.3, -0.25) is 4.79 Å². The number of nitrogens with two attached hydrogens (primary N) is 1. The number of nitrogens with one attached hydrogen (secondary N) is 1. The van der Waals surface area contributed by atoms with Gasteiger partial charge in [-0.15, -0.1) is 0 Å². The van der Waals surface area contributed by atoms with Crippen molar-refractivity contribution in [1.29, 1.82) is 0 Å². The van der Waals surface area contributed by atoms with Gasteiger partial charge in [0.05, 0.1) is 5.60 Å². The number of piperidine rings is 1. The molecule has 1 aromatic heterocycles. The largest absolute Gasteiger partial charge is 0.388 e. The summed E-state index contributed by atoms with van der Waals surface area (Å²) in [5, 5.41) is 13.9. The van der Waals surface area contributed by atoms with Gasteiger partial charge < -0.3 is 21.1 Å². The van der Waals surface area contributed by atoms with Crippen molar-refractivity contribution in [1.82, 2.24) is 9.69 Å². The summed E-state index contributed by atoms with van der Waals surface area (Å²) in [5.74, 6) is 0.146. The highest BCUT2D eigenvalue weighted by molar-refractivity contribution is 7.11. The molecule has 1 aliphatic heterocycles. The predicted molar refractivity (Wildman–Crippen MR) is 79.1 cm³/mol. The van der Waals surface area contributed by atoms with Crippen LogP contribution in [0.25, 0.3) is 0 Å². The molecule has 4 N–H and O–H groups in total. The molecule has 1 saturated heterocycles. The SMILES string of the molecule is CC1(O)CCCN(c2snc(N)c2C(=O)NC2CC2)C1. The smallest absolute Gasteiger partial charge is 0.258 e. The Morgan fingerprint density at radius 2 is 2.35 bits per heavy atom. The topological polar surface area (TPSA) is 91.5 Å². The third kappa shape index (κ3) is 2.73. The number of carbonyl (C=O) groups excluding carboxylic acids is 1. The zero-order valence-electron chi connectivity index (χ0n) is 11.6. The molecule has 0 radical (unpaired) electrons. The van der Waals surface area contributed by atoms with E-state index in [2.05, 4.69) is 9.69 Å². The lowest BCUT2D eigenvalue weighted by Crippen LogP contribution is -2.46. The molecule has 2 aliphatic rings. The Kier molecular flexibility index (Phi) is 3.33. The molecule has 20 heavy (non-hydrogen) atoms. The molecule has 1 atom stereocenters. The quantitative estimate of drug-likeness (QED) is 0.773. The fourth-order valence-electron chi connectivity index (χ4n) is 2.60. The molecule has 1 aromatic rings. The van der Waals surface area contributed by atoms with Crippen molar-refractivity contribution in [2.75, 3.05) is 23.7 Å².